The summed E-state index contributed by atoms with van der Waals surface area (Å²) in [5.74, 6) is -0.435. The predicted octanol–water partition coefficient (Wildman–Crippen LogP) is 0.752. The van der Waals surface area contributed by atoms with E-state index in [2.05, 4.69) is 10.6 Å². The Kier molecular flexibility index (Phi) is 3.01. The lowest BCUT2D eigenvalue weighted by atomic mass is 10.1. The summed E-state index contributed by atoms with van der Waals surface area (Å²) in [6.07, 6.45) is 0.232. The molecular weight excluding hydrogens is 204 g/mol. The van der Waals surface area contributed by atoms with E-state index in [1.807, 2.05) is 37.3 Å². The Balaban J connectivity index is 2.00. The Labute approximate surface area is 94.0 Å². The molecule has 1 aliphatic heterocycles. The van der Waals surface area contributed by atoms with E-state index < -0.39 is 6.04 Å². The van der Waals surface area contributed by atoms with Gasteiger partial charge in [-0.1, -0.05) is 30.3 Å². The molecule has 2 amide bonds. The predicted molar refractivity (Wildman–Crippen MR) is 59.5 cm³/mol. The monoisotopic (exact) mass is 218 g/mol. The third-order valence-electron chi connectivity index (χ3n) is 2.72. The summed E-state index contributed by atoms with van der Waals surface area (Å²) in [7, 11) is 0. The van der Waals surface area contributed by atoms with Gasteiger partial charge in [0.15, 0.2) is 0 Å². The van der Waals surface area contributed by atoms with Crippen LogP contribution >= 0.6 is 0 Å². The largest absolute Gasteiger partial charge is 0.299 e. The lowest BCUT2D eigenvalue weighted by Crippen LogP contribution is -2.37. The van der Waals surface area contributed by atoms with Crippen molar-refractivity contribution in [3.8, 4) is 0 Å². The highest BCUT2D eigenvalue weighted by Crippen LogP contribution is 2.14. The van der Waals surface area contributed by atoms with E-state index in [-0.39, 0.29) is 24.3 Å². The Morgan fingerprint density at radius 1 is 1.31 bits per heavy atom. The van der Waals surface area contributed by atoms with Crippen LogP contribution in [0.1, 0.15) is 24.9 Å². The lowest BCUT2D eigenvalue weighted by Gasteiger charge is -2.17. The van der Waals surface area contributed by atoms with E-state index in [9.17, 15) is 9.59 Å². The highest BCUT2D eigenvalue weighted by Gasteiger charge is 2.31. The van der Waals surface area contributed by atoms with Crippen molar-refractivity contribution >= 4 is 11.8 Å². The normalized spacial score (nSPS) is 21.9. The van der Waals surface area contributed by atoms with Crippen molar-refractivity contribution < 1.29 is 9.59 Å². The molecular formula is C12H14N2O2. The Bertz CT molecular complexity index is 403. The zero-order valence-electron chi connectivity index (χ0n) is 9.07. The van der Waals surface area contributed by atoms with E-state index in [1.165, 1.54) is 0 Å². The molecule has 1 aromatic rings. The number of carbonyl (C=O) groups excluding carboxylic acids is 2. The fraction of sp³-hybridized carbons (Fsp3) is 0.333. The summed E-state index contributed by atoms with van der Waals surface area (Å²) < 4.78 is 0. The van der Waals surface area contributed by atoms with E-state index in [0.29, 0.717) is 0 Å². The highest BCUT2D eigenvalue weighted by atomic mass is 16.2. The first-order valence-corrected chi connectivity index (χ1v) is 5.31. The number of nitrogens with one attached hydrogen (secondary N) is 2. The molecule has 16 heavy (non-hydrogen) atoms. The van der Waals surface area contributed by atoms with Crippen LogP contribution in [0, 0.1) is 0 Å². The first kappa shape index (κ1) is 10.8. The minimum Gasteiger partial charge on any atom is -0.299 e. The summed E-state index contributed by atoms with van der Waals surface area (Å²) in [6.45, 7) is 1.98. The van der Waals surface area contributed by atoms with Crippen LogP contribution in [0.3, 0.4) is 0 Å². The third-order valence-corrected chi connectivity index (χ3v) is 2.72. The molecule has 4 nitrogen and oxygen atoms in total. The molecule has 0 bridgehead atoms. The summed E-state index contributed by atoms with van der Waals surface area (Å²) in [6, 6.07) is 9.49. The maximum absolute atomic E-state index is 11.4. The average Bonchev–Trinajstić information content (AvgIpc) is 2.59. The first-order valence-electron chi connectivity index (χ1n) is 5.31. The fourth-order valence-corrected chi connectivity index (χ4v) is 1.83. The smallest absolute Gasteiger partial charge is 0.244 e. The van der Waals surface area contributed by atoms with E-state index in [4.69, 9.17) is 0 Å². The van der Waals surface area contributed by atoms with Gasteiger partial charge in [0.25, 0.3) is 0 Å². The Morgan fingerprint density at radius 3 is 2.56 bits per heavy atom. The van der Waals surface area contributed by atoms with Gasteiger partial charge in [-0.05, 0) is 12.5 Å². The quantitative estimate of drug-likeness (QED) is 0.736. The topological polar surface area (TPSA) is 58.2 Å². The van der Waals surface area contributed by atoms with Gasteiger partial charge in [-0.2, -0.15) is 0 Å². The van der Waals surface area contributed by atoms with Gasteiger partial charge >= 0.3 is 0 Å². The van der Waals surface area contributed by atoms with Gasteiger partial charge in [-0.25, -0.2) is 0 Å². The first-order chi connectivity index (χ1) is 7.66. The van der Waals surface area contributed by atoms with Gasteiger partial charge in [0.05, 0.1) is 12.5 Å². The van der Waals surface area contributed by atoms with Gasteiger partial charge < -0.3 is 0 Å². The van der Waals surface area contributed by atoms with Crippen molar-refractivity contribution in [2.75, 3.05) is 0 Å². The lowest BCUT2D eigenvalue weighted by molar-refractivity contribution is -0.125. The number of benzene rings is 1. The second kappa shape index (κ2) is 4.45. The van der Waals surface area contributed by atoms with Crippen LogP contribution in [-0.2, 0) is 9.59 Å². The van der Waals surface area contributed by atoms with Gasteiger partial charge in [0.1, 0.15) is 0 Å². The van der Waals surface area contributed by atoms with Crippen molar-refractivity contribution in [3.05, 3.63) is 35.9 Å². The van der Waals surface area contributed by atoms with Crippen molar-refractivity contribution in [2.45, 2.75) is 25.4 Å². The Hall–Kier alpha value is -1.68. The van der Waals surface area contributed by atoms with Crippen LogP contribution in [0.25, 0.3) is 0 Å². The molecule has 1 aliphatic rings. The van der Waals surface area contributed by atoms with Crippen molar-refractivity contribution in [3.63, 3.8) is 0 Å². The van der Waals surface area contributed by atoms with Gasteiger partial charge in [0.2, 0.25) is 11.8 Å². The molecule has 1 fully saturated rings. The van der Waals surface area contributed by atoms with Gasteiger partial charge in [0, 0.05) is 6.04 Å². The molecule has 2 atom stereocenters. The summed E-state index contributed by atoms with van der Waals surface area (Å²) in [5.41, 5.74) is 1.11. The molecule has 0 aromatic heterocycles. The second-order valence-electron chi connectivity index (χ2n) is 3.97. The van der Waals surface area contributed by atoms with E-state index in [0.717, 1.165) is 5.56 Å². The average molecular weight is 218 g/mol. The molecule has 0 radical (unpaired) electrons. The van der Waals surface area contributed by atoms with Crippen LogP contribution in [0.4, 0.5) is 0 Å². The molecule has 0 spiro atoms. The van der Waals surface area contributed by atoms with E-state index in [1.54, 1.807) is 0 Å². The number of amides is 2. The van der Waals surface area contributed by atoms with Crippen molar-refractivity contribution in [1.29, 1.82) is 0 Å². The zero-order valence-corrected chi connectivity index (χ0v) is 9.07. The Morgan fingerprint density at radius 2 is 2.00 bits per heavy atom. The molecule has 0 saturated carbocycles. The molecule has 84 valence electrons. The summed E-state index contributed by atoms with van der Waals surface area (Å²) in [5, 5.41) is 5.43. The van der Waals surface area contributed by atoms with Gasteiger partial charge in [-0.3, -0.25) is 20.2 Å². The van der Waals surface area contributed by atoms with Crippen LogP contribution in [-0.4, -0.2) is 17.9 Å². The minimum absolute atomic E-state index is 0.0582. The number of carbonyl (C=O) groups is 2. The molecule has 2 N–H and O–H groups in total. The van der Waals surface area contributed by atoms with E-state index >= 15 is 0 Å². The molecule has 0 aliphatic carbocycles. The van der Waals surface area contributed by atoms with Crippen molar-refractivity contribution in [1.82, 2.24) is 10.6 Å². The van der Waals surface area contributed by atoms with Crippen LogP contribution < -0.4 is 10.6 Å². The third kappa shape index (κ3) is 2.28. The number of hydrogen-bond donors (Lipinski definition) is 2. The molecule has 0 unspecified atom stereocenters. The molecule has 1 saturated heterocycles. The number of hydrogen-bond acceptors (Lipinski definition) is 3. The molecule has 1 heterocycles. The summed E-state index contributed by atoms with van der Waals surface area (Å²) >= 11 is 0. The molecule has 2 rings (SSSR count). The zero-order chi connectivity index (χ0) is 11.5. The second-order valence-corrected chi connectivity index (χ2v) is 3.97. The molecule has 1 aromatic carbocycles. The highest BCUT2D eigenvalue weighted by molar-refractivity contribution is 6.05. The van der Waals surface area contributed by atoms with Crippen LogP contribution in [0.2, 0.25) is 0 Å². The van der Waals surface area contributed by atoms with Gasteiger partial charge in [-0.15, -0.1) is 0 Å². The minimum atomic E-state index is -0.400. The summed E-state index contributed by atoms with van der Waals surface area (Å²) in [4.78, 5) is 22.4. The number of imide groups is 1. The fourth-order valence-electron chi connectivity index (χ4n) is 1.83. The standard InChI is InChI=1S/C12H14N2O2/c1-8(9-5-3-2-4-6-9)13-10-7-11(15)14-12(10)16/h2-6,8,10,13H,7H2,1H3,(H,14,15,16)/t8-,10+/m0/s1. The molecule has 4 heteroatoms. The number of rotatable bonds is 3. The van der Waals surface area contributed by atoms with Crippen molar-refractivity contribution in [2.24, 2.45) is 0 Å². The SMILES string of the molecule is C[C@H](N[C@@H]1CC(=O)NC1=O)c1ccccc1. The maximum Gasteiger partial charge on any atom is 0.244 e. The van der Waals surface area contributed by atoms with Crippen LogP contribution in [0.15, 0.2) is 30.3 Å². The maximum atomic E-state index is 11.4. The van der Waals surface area contributed by atoms with Crippen LogP contribution in [0.5, 0.6) is 0 Å².